The number of hydrogen-bond acceptors (Lipinski definition) is 1. The number of ether oxygens (including phenoxy) is 1. The van der Waals surface area contributed by atoms with Gasteiger partial charge in [0.2, 0.25) is 0 Å². The zero-order chi connectivity index (χ0) is 7.98. The predicted molar refractivity (Wildman–Crippen MR) is 54.7 cm³/mol. The summed E-state index contributed by atoms with van der Waals surface area (Å²) >= 11 is 13.5. The van der Waals surface area contributed by atoms with Gasteiger partial charge in [0, 0.05) is 18.4 Å². The molecule has 0 aromatic carbocycles. The lowest BCUT2D eigenvalue weighted by atomic mass is 10.3. The fraction of sp³-hybridized carbons (Fsp3) is 1.00. The first-order valence-electron chi connectivity index (χ1n) is 3.13. The highest BCUT2D eigenvalue weighted by Gasteiger charge is 2.16. The van der Waals surface area contributed by atoms with Crippen molar-refractivity contribution < 1.29 is 4.74 Å². The van der Waals surface area contributed by atoms with Crippen molar-refractivity contribution in [3.8, 4) is 0 Å². The molecule has 0 saturated heterocycles. The van der Waals surface area contributed by atoms with Crippen molar-refractivity contribution in [2.24, 2.45) is 0 Å². The van der Waals surface area contributed by atoms with Gasteiger partial charge in [0.05, 0.1) is 10.0 Å². The number of hydrogen-bond donors (Lipinski definition) is 0. The van der Waals surface area contributed by atoms with Crippen LogP contribution in [0.2, 0.25) is 0 Å². The van der Waals surface area contributed by atoms with Crippen LogP contribution in [0, 0.1) is 0 Å². The Balaban J connectivity index is 3.56. The molecule has 2 atom stereocenters. The molecule has 0 saturated carbocycles. The number of halogens is 3. The van der Waals surface area contributed by atoms with Crippen LogP contribution in [-0.2, 0) is 4.74 Å². The first kappa shape index (κ1) is 11.3. The van der Waals surface area contributed by atoms with Crippen molar-refractivity contribution in [2.45, 2.75) is 17.0 Å². The third kappa shape index (κ3) is 4.21. The van der Waals surface area contributed by atoms with Crippen LogP contribution in [0.25, 0.3) is 0 Å². The van der Waals surface area contributed by atoms with Crippen molar-refractivity contribution in [2.75, 3.05) is 18.4 Å². The van der Waals surface area contributed by atoms with Crippen LogP contribution in [0.15, 0.2) is 0 Å². The molecule has 10 heavy (non-hydrogen) atoms. The SMILES string of the molecule is CCOC(CCl)C(I)CCl. The Kier molecular flexibility index (Phi) is 7.83. The highest BCUT2D eigenvalue weighted by Crippen LogP contribution is 2.13. The fourth-order valence-electron chi connectivity index (χ4n) is 0.559. The van der Waals surface area contributed by atoms with Gasteiger partial charge in [0.15, 0.2) is 0 Å². The summed E-state index contributed by atoms with van der Waals surface area (Å²) in [5.74, 6) is 1.12. The fourth-order valence-corrected chi connectivity index (χ4v) is 1.82. The quantitative estimate of drug-likeness (QED) is 0.560. The summed E-state index contributed by atoms with van der Waals surface area (Å²) in [6.45, 7) is 2.66. The monoisotopic (exact) mass is 296 g/mol. The topological polar surface area (TPSA) is 9.23 Å². The molecule has 4 heteroatoms. The molecule has 0 heterocycles. The van der Waals surface area contributed by atoms with Crippen molar-refractivity contribution in [1.82, 2.24) is 0 Å². The highest BCUT2D eigenvalue weighted by atomic mass is 127. The van der Waals surface area contributed by atoms with Crippen molar-refractivity contribution in [3.05, 3.63) is 0 Å². The predicted octanol–water partition coefficient (Wildman–Crippen LogP) is 2.67. The lowest BCUT2D eigenvalue weighted by Crippen LogP contribution is -2.27. The first-order chi connectivity index (χ1) is 4.76. The Morgan fingerprint density at radius 1 is 1.40 bits per heavy atom. The molecule has 0 aliphatic rings. The molecule has 0 aliphatic heterocycles. The van der Waals surface area contributed by atoms with Gasteiger partial charge in [-0.15, -0.1) is 23.2 Å². The van der Waals surface area contributed by atoms with Gasteiger partial charge in [-0.3, -0.25) is 0 Å². The van der Waals surface area contributed by atoms with E-state index in [1.807, 2.05) is 6.92 Å². The van der Waals surface area contributed by atoms with Crippen LogP contribution < -0.4 is 0 Å². The first-order valence-corrected chi connectivity index (χ1v) is 5.45. The van der Waals surface area contributed by atoms with Gasteiger partial charge < -0.3 is 4.74 Å². The average molecular weight is 297 g/mol. The molecule has 0 aliphatic carbocycles. The highest BCUT2D eigenvalue weighted by molar-refractivity contribution is 14.1. The van der Waals surface area contributed by atoms with Gasteiger partial charge >= 0.3 is 0 Å². The molecule has 0 amide bonds. The van der Waals surface area contributed by atoms with E-state index >= 15 is 0 Å². The van der Waals surface area contributed by atoms with Gasteiger partial charge in [-0.25, -0.2) is 0 Å². The van der Waals surface area contributed by atoms with Gasteiger partial charge in [0.1, 0.15) is 0 Å². The Bertz CT molecular complexity index is 82.1. The standard InChI is InChI=1S/C6H11Cl2IO/c1-2-10-6(4-8)5(9)3-7/h5-6H,2-4H2,1H3. The molecule has 1 nitrogen and oxygen atoms in total. The maximum atomic E-state index is 5.63. The molecular formula is C6H11Cl2IO. The third-order valence-electron chi connectivity index (χ3n) is 1.08. The van der Waals surface area contributed by atoms with E-state index < -0.39 is 0 Å². The van der Waals surface area contributed by atoms with E-state index in [0.717, 1.165) is 0 Å². The smallest absolute Gasteiger partial charge is 0.0839 e. The van der Waals surface area contributed by atoms with E-state index in [4.69, 9.17) is 27.9 Å². The molecule has 0 aromatic rings. The molecule has 62 valence electrons. The second-order valence-corrected chi connectivity index (χ2v) is 4.04. The summed E-state index contributed by atoms with van der Waals surface area (Å²) in [5, 5.41) is 0. The van der Waals surface area contributed by atoms with Crippen LogP contribution in [0.3, 0.4) is 0 Å². The Morgan fingerprint density at radius 3 is 2.30 bits per heavy atom. The largest absolute Gasteiger partial charge is 0.376 e. The summed E-state index contributed by atoms with van der Waals surface area (Å²) in [5.41, 5.74) is 0. The minimum Gasteiger partial charge on any atom is -0.376 e. The average Bonchev–Trinajstić information content (AvgIpc) is 1.99. The molecular weight excluding hydrogens is 286 g/mol. The molecule has 0 fully saturated rings. The minimum absolute atomic E-state index is 0.102. The van der Waals surface area contributed by atoms with E-state index in [1.54, 1.807) is 0 Å². The lowest BCUT2D eigenvalue weighted by molar-refractivity contribution is 0.0836. The summed E-state index contributed by atoms with van der Waals surface area (Å²) in [6, 6.07) is 0. The van der Waals surface area contributed by atoms with E-state index in [1.165, 1.54) is 0 Å². The maximum absolute atomic E-state index is 5.63. The van der Waals surface area contributed by atoms with Crippen LogP contribution in [0.1, 0.15) is 6.92 Å². The zero-order valence-electron chi connectivity index (χ0n) is 5.82. The van der Waals surface area contributed by atoms with Gasteiger partial charge in [-0.1, -0.05) is 22.6 Å². The van der Waals surface area contributed by atoms with Crippen LogP contribution in [0.4, 0.5) is 0 Å². The molecule has 2 unspecified atom stereocenters. The lowest BCUT2D eigenvalue weighted by Gasteiger charge is -2.17. The summed E-state index contributed by atoms with van der Waals surface area (Å²) in [7, 11) is 0. The maximum Gasteiger partial charge on any atom is 0.0839 e. The second-order valence-electron chi connectivity index (χ2n) is 1.82. The Labute approximate surface area is 85.5 Å². The summed E-state index contributed by atoms with van der Waals surface area (Å²) in [4.78, 5) is 0. The number of rotatable bonds is 5. The van der Waals surface area contributed by atoms with Gasteiger partial charge in [-0.05, 0) is 6.92 Å². The van der Waals surface area contributed by atoms with E-state index in [-0.39, 0.29) is 6.10 Å². The third-order valence-corrected chi connectivity index (χ3v) is 3.48. The van der Waals surface area contributed by atoms with Gasteiger partial charge in [0.25, 0.3) is 0 Å². The molecule has 0 rings (SSSR count). The molecule has 0 spiro atoms. The zero-order valence-corrected chi connectivity index (χ0v) is 9.49. The van der Waals surface area contributed by atoms with Crippen molar-refractivity contribution >= 4 is 45.8 Å². The van der Waals surface area contributed by atoms with Gasteiger partial charge in [-0.2, -0.15) is 0 Å². The van der Waals surface area contributed by atoms with Crippen LogP contribution in [0.5, 0.6) is 0 Å². The van der Waals surface area contributed by atoms with E-state index in [2.05, 4.69) is 22.6 Å². The number of alkyl halides is 3. The molecule has 0 aromatic heterocycles. The van der Waals surface area contributed by atoms with Crippen LogP contribution in [-0.4, -0.2) is 28.4 Å². The van der Waals surface area contributed by atoms with E-state index in [0.29, 0.717) is 22.3 Å². The summed E-state index contributed by atoms with van der Waals surface area (Å²) < 4.78 is 5.64. The minimum atomic E-state index is 0.102. The molecule has 0 bridgehead atoms. The molecule has 0 N–H and O–H groups in total. The Hall–Kier alpha value is 1.27. The van der Waals surface area contributed by atoms with E-state index in [9.17, 15) is 0 Å². The van der Waals surface area contributed by atoms with Crippen molar-refractivity contribution in [1.29, 1.82) is 0 Å². The Morgan fingerprint density at radius 2 is 2.00 bits per heavy atom. The second kappa shape index (κ2) is 6.95. The summed E-state index contributed by atoms with van der Waals surface area (Å²) in [6.07, 6.45) is 0.102. The van der Waals surface area contributed by atoms with Crippen LogP contribution >= 0.6 is 45.8 Å². The van der Waals surface area contributed by atoms with Crippen molar-refractivity contribution in [3.63, 3.8) is 0 Å². The molecule has 0 radical (unpaired) electrons. The normalized spacial score (nSPS) is 16.8.